The largest absolute Gasteiger partial charge is 0.369 e. The zero-order valence-corrected chi connectivity index (χ0v) is 13.5. The van der Waals surface area contributed by atoms with E-state index in [2.05, 4.69) is 5.32 Å². The summed E-state index contributed by atoms with van der Waals surface area (Å²) in [7, 11) is 1.83. The Bertz CT molecular complexity index is 507. The molecule has 1 aliphatic rings. The molecule has 21 heavy (non-hydrogen) atoms. The molecule has 1 heterocycles. The smallest absolute Gasteiger partial charge is 0.255 e. The van der Waals surface area contributed by atoms with Gasteiger partial charge < -0.3 is 16.0 Å². The number of carbonyl (C=O) groups excluding carboxylic acids is 2. The number of likely N-dealkylation sites (N-methyl/N-ethyl adjacent to an activating group) is 1. The van der Waals surface area contributed by atoms with Crippen molar-refractivity contribution in [3.8, 4) is 0 Å². The van der Waals surface area contributed by atoms with E-state index in [0.717, 1.165) is 24.4 Å². The molecule has 1 aliphatic heterocycles. The fourth-order valence-electron chi connectivity index (χ4n) is 2.24. The van der Waals surface area contributed by atoms with Gasteiger partial charge >= 0.3 is 0 Å². The van der Waals surface area contributed by atoms with Crippen molar-refractivity contribution in [2.45, 2.75) is 17.4 Å². The first-order chi connectivity index (χ1) is 9.59. The van der Waals surface area contributed by atoms with E-state index in [1.807, 2.05) is 25.2 Å². The SMILES string of the molecule is CN(C(=O)c1ccccc1SCC(N)=O)C1CCNC1.Cl. The van der Waals surface area contributed by atoms with Crippen molar-refractivity contribution in [1.29, 1.82) is 0 Å². The lowest BCUT2D eigenvalue weighted by atomic mass is 10.1. The normalized spacial score (nSPS) is 17.1. The van der Waals surface area contributed by atoms with Crippen molar-refractivity contribution in [3.63, 3.8) is 0 Å². The molecule has 1 atom stereocenters. The highest BCUT2D eigenvalue weighted by Gasteiger charge is 2.25. The van der Waals surface area contributed by atoms with Crippen LogP contribution in [0, 0.1) is 0 Å². The summed E-state index contributed by atoms with van der Waals surface area (Å²) in [6.45, 7) is 1.78. The number of nitrogens with one attached hydrogen (secondary N) is 1. The molecule has 1 unspecified atom stereocenters. The molecule has 0 saturated carbocycles. The van der Waals surface area contributed by atoms with E-state index in [1.165, 1.54) is 11.8 Å². The second kappa shape index (κ2) is 8.26. The fraction of sp³-hybridized carbons (Fsp3) is 0.429. The third kappa shape index (κ3) is 4.62. The molecule has 1 fully saturated rings. The van der Waals surface area contributed by atoms with Crippen molar-refractivity contribution < 1.29 is 9.59 Å². The molecule has 116 valence electrons. The van der Waals surface area contributed by atoms with Gasteiger partial charge in [0.25, 0.3) is 5.91 Å². The van der Waals surface area contributed by atoms with Crippen molar-refractivity contribution in [1.82, 2.24) is 10.2 Å². The number of hydrogen-bond donors (Lipinski definition) is 2. The van der Waals surface area contributed by atoms with E-state index >= 15 is 0 Å². The molecule has 0 aliphatic carbocycles. The molecule has 7 heteroatoms. The summed E-state index contributed by atoms with van der Waals surface area (Å²) in [6, 6.07) is 7.57. The number of amides is 2. The van der Waals surface area contributed by atoms with Crippen LogP contribution in [0.3, 0.4) is 0 Å². The minimum Gasteiger partial charge on any atom is -0.369 e. The third-order valence-corrected chi connectivity index (χ3v) is 4.49. The average Bonchev–Trinajstić information content (AvgIpc) is 2.98. The lowest BCUT2D eigenvalue weighted by Crippen LogP contribution is -2.38. The molecule has 1 saturated heterocycles. The third-order valence-electron chi connectivity index (χ3n) is 3.39. The highest BCUT2D eigenvalue weighted by Crippen LogP contribution is 2.24. The molecule has 2 amide bonds. The summed E-state index contributed by atoms with van der Waals surface area (Å²) in [6.07, 6.45) is 0.971. The monoisotopic (exact) mass is 329 g/mol. The second-order valence-corrected chi connectivity index (χ2v) is 5.83. The summed E-state index contributed by atoms with van der Waals surface area (Å²) in [5, 5.41) is 3.25. The Morgan fingerprint density at radius 3 is 2.76 bits per heavy atom. The number of nitrogens with two attached hydrogens (primary N) is 1. The molecular weight excluding hydrogens is 310 g/mol. The highest BCUT2D eigenvalue weighted by atomic mass is 35.5. The van der Waals surface area contributed by atoms with E-state index in [-0.39, 0.29) is 36.0 Å². The summed E-state index contributed by atoms with van der Waals surface area (Å²) in [5.74, 6) is -0.212. The van der Waals surface area contributed by atoms with Gasteiger partial charge in [0.1, 0.15) is 0 Å². The minimum absolute atomic E-state index is 0. The Morgan fingerprint density at radius 1 is 1.43 bits per heavy atom. The Hall–Kier alpha value is -1.24. The van der Waals surface area contributed by atoms with Gasteiger partial charge in [-0.1, -0.05) is 12.1 Å². The number of thioether (sulfide) groups is 1. The van der Waals surface area contributed by atoms with Crippen LogP contribution >= 0.6 is 24.2 Å². The Kier molecular flexibility index (Phi) is 7.01. The van der Waals surface area contributed by atoms with Crippen molar-refractivity contribution in [2.75, 3.05) is 25.9 Å². The van der Waals surface area contributed by atoms with Crippen molar-refractivity contribution in [2.24, 2.45) is 5.73 Å². The minimum atomic E-state index is -0.384. The van der Waals surface area contributed by atoms with Gasteiger partial charge in [0.15, 0.2) is 0 Å². The van der Waals surface area contributed by atoms with Crippen LogP contribution in [0.1, 0.15) is 16.8 Å². The summed E-state index contributed by atoms with van der Waals surface area (Å²) in [5.41, 5.74) is 5.79. The number of primary amides is 1. The first-order valence-corrected chi connectivity index (χ1v) is 7.56. The lowest BCUT2D eigenvalue weighted by Gasteiger charge is -2.24. The quantitative estimate of drug-likeness (QED) is 0.794. The van der Waals surface area contributed by atoms with Gasteiger partial charge in [-0.15, -0.1) is 24.2 Å². The first-order valence-electron chi connectivity index (χ1n) is 6.57. The lowest BCUT2D eigenvalue weighted by molar-refractivity contribution is -0.115. The zero-order chi connectivity index (χ0) is 14.5. The van der Waals surface area contributed by atoms with E-state index in [9.17, 15) is 9.59 Å². The van der Waals surface area contributed by atoms with Gasteiger partial charge in [-0.2, -0.15) is 0 Å². The van der Waals surface area contributed by atoms with E-state index in [4.69, 9.17) is 5.73 Å². The van der Waals surface area contributed by atoms with Gasteiger partial charge in [-0.3, -0.25) is 9.59 Å². The molecule has 5 nitrogen and oxygen atoms in total. The molecule has 0 radical (unpaired) electrons. The van der Waals surface area contributed by atoms with Crippen LogP contribution in [0.4, 0.5) is 0 Å². The van der Waals surface area contributed by atoms with Crippen LogP contribution in [0.5, 0.6) is 0 Å². The van der Waals surface area contributed by atoms with E-state index in [1.54, 1.807) is 11.0 Å². The number of halogens is 1. The summed E-state index contributed by atoms with van der Waals surface area (Å²) < 4.78 is 0. The van der Waals surface area contributed by atoms with Gasteiger partial charge in [-0.25, -0.2) is 0 Å². The van der Waals surface area contributed by atoms with Crippen LogP contribution in [0.15, 0.2) is 29.2 Å². The molecule has 3 N–H and O–H groups in total. The summed E-state index contributed by atoms with van der Waals surface area (Å²) in [4.78, 5) is 26.0. The molecule has 2 rings (SSSR count). The maximum absolute atomic E-state index is 12.6. The number of carbonyl (C=O) groups is 2. The molecular formula is C14H20ClN3O2S. The molecule has 0 spiro atoms. The van der Waals surface area contributed by atoms with Gasteiger partial charge in [-0.05, 0) is 25.1 Å². The predicted molar refractivity (Wildman–Crippen MR) is 87.0 cm³/mol. The standard InChI is InChI=1S/C14H19N3O2S.ClH/c1-17(10-6-7-16-8-10)14(19)11-4-2-3-5-12(11)20-9-13(15)18;/h2-5,10,16H,6-9H2,1H3,(H2,15,18);1H. The molecule has 0 bridgehead atoms. The van der Waals surface area contributed by atoms with Gasteiger partial charge in [0, 0.05) is 24.5 Å². The Labute approximate surface area is 135 Å². The molecule has 1 aromatic carbocycles. The van der Waals surface area contributed by atoms with Crippen molar-refractivity contribution in [3.05, 3.63) is 29.8 Å². The van der Waals surface area contributed by atoms with Gasteiger partial charge in [0.2, 0.25) is 5.91 Å². The van der Waals surface area contributed by atoms with Crippen LogP contribution in [0.2, 0.25) is 0 Å². The number of rotatable bonds is 5. The average molecular weight is 330 g/mol. The predicted octanol–water partition coefficient (Wildman–Crippen LogP) is 1.12. The molecule has 1 aromatic rings. The van der Waals surface area contributed by atoms with Gasteiger partial charge in [0.05, 0.1) is 11.3 Å². The van der Waals surface area contributed by atoms with E-state index in [0.29, 0.717) is 5.56 Å². The second-order valence-electron chi connectivity index (χ2n) is 4.81. The first kappa shape index (κ1) is 17.8. The number of hydrogen-bond acceptors (Lipinski definition) is 4. The maximum atomic E-state index is 12.6. The Balaban J connectivity index is 0.00000220. The zero-order valence-electron chi connectivity index (χ0n) is 11.9. The van der Waals surface area contributed by atoms with E-state index < -0.39 is 0 Å². The van der Waals surface area contributed by atoms with Crippen LogP contribution in [-0.2, 0) is 4.79 Å². The number of benzene rings is 1. The summed E-state index contributed by atoms with van der Waals surface area (Å²) >= 11 is 1.31. The topological polar surface area (TPSA) is 75.4 Å². The maximum Gasteiger partial charge on any atom is 0.255 e. The Morgan fingerprint density at radius 2 is 2.14 bits per heavy atom. The fourth-order valence-corrected chi connectivity index (χ4v) is 3.03. The van der Waals surface area contributed by atoms with Crippen molar-refractivity contribution >= 4 is 36.0 Å². The van der Waals surface area contributed by atoms with Crippen LogP contribution < -0.4 is 11.1 Å². The van der Waals surface area contributed by atoms with Crippen LogP contribution in [0.25, 0.3) is 0 Å². The number of nitrogens with zero attached hydrogens (tertiary/aromatic N) is 1. The van der Waals surface area contributed by atoms with Crippen LogP contribution in [-0.4, -0.2) is 48.6 Å². The molecule has 0 aromatic heterocycles. The highest BCUT2D eigenvalue weighted by molar-refractivity contribution is 8.00.